The Balaban J connectivity index is 3.37. The van der Waals surface area contributed by atoms with Gasteiger partial charge in [0.15, 0.2) is 0 Å². The van der Waals surface area contributed by atoms with E-state index in [4.69, 9.17) is 0 Å². The standard InChI is InChI=1S/C9H17O2/c1-7(2)4-5-8(3)6-9(10)11/h7-8H,4-6H2,1-3H3. The summed E-state index contributed by atoms with van der Waals surface area (Å²) in [6.45, 7) is 6.25. The molecule has 1 unspecified atom stereocenters. The average Bonchev–Trinajstić information content (AvgIpc) is 1.82. The molecule has 0 aliphatic carbocycles. The lowest BCUT2D eigenvalue weighted by atomic mass is 9.97. The van der Waals surface area contributed by atoms with Gasteiger partial charge >= 0.3 is 5.97 Å². The van der Waals surface area contributed by atoms with Crippen LogP contribution in [0.5, 0.6) is 0 Å². The molecule has 1 atom stereocenters. The maximum Gasteiger partial charge on any atom is 0.355 e. The van der Waals surface area contributed by atoms with Gasteiger partial charge in [0.05, 0.1) is 6.42 Å². The molecule has 0 saturated carbocycles. The Labute approximate surface area is 68.6 Å². The first-order chi connectivity index (χ1) is 5.02. The summed E-state index contributed by atoms with van der Waals surface area (Å²) >= 11 is 0. The van der Waals surface area contributed by atoms with Gasteiger partial charge in [-0.05, 0) is 18.3 Å². The molecule has 0 fully saturated rings. The number of hydrogen-bond donors (Lipinski definition) is 0. The minimum absolute atomic E-state index is 0.201. The molecule has 65 valence electrons. The zero-order valence-electron chi connectivity index (χ0n) is 7.59. The fraction of sp³-hybridized carbons (Fsp3) is 0.889. The lowest BCUT2D eigenvalue weighted by molar-refractivity contribution is -0.144. The Hall–Kier alpha value is -0.530. The summed E-state index contributed by atoms with van der Waals surface area (Å²) in [5, 5.41) is 10.1. The quantitative estimate of drug-likeness (QED) is 0.603. The van der Waals surface area contributed by atoms with Crippen LogP contribution in [0.25, 0.3) is 0 Å². The van der Waals surface area contributed by atoms with Crippen molar-refractivity contribution in [1.29, 1.82) is 0 Å². The molecule has 0 N–H and O–H groups in total. The highest BCUT2D eigenvalue weighted by Gasteiger charge is 2.09. The SMILES string of the molecule is CC(C)CCC(C)CC([O])=O. The number of rotatable bonds is 5. The predicted molar refractivity (Wildman–Crippen MR) is 43.5 cm³/mol. The highest BCUT2D eigenvalue weighted by Crippen LogP contribution is 2.14. The molecular formula is C9H17O2. The van der Waals surface area contributed by atoms with Crippen molar-refractivity contribution in [3.05, 3.63) is 0 Å². The van der Waals surface area contributed by atoms with Crippen LogP contribution >= 0.6 is 0 Å². The van der Waals surface area contributed by atoms with E-state index in [-0.39, 0.29) is 12.3 Å². The monoisotopic (exact) mass is 157 g/mol. The zero-order chi connectivity index (χ0) is 8.85. The molecule has 0 aliphatic heterocycles. The number of hydrogen-bond acceptors (Lipinski definition) is 1. The van der Waals surface area contributed by atoms with E-state index >= 15 is 0 Å². The minimum atomic E-state index is -0.929. The first-order valence-electron chi connectivity index (χ1n) is 4.22. The smallest absolute Gasteiger partial charge is 0.247 e. The average molecular weight is 157 g/mol. The van der Waals surface area contributed by atoms with Crippen LogP contribution in [0.4, 0.5) is 0 Å². The Kier molecular flexibility index (Phi) is 4.92. The molecule has 0 spiro atoms. The molecule has 1 radical (unpaired) electrons. The molecule has 0 bridgehead atoms. The van der Waals surface area contributed by atoms with Gasteiger partial charge in [-0.3, -0.25) is 0 Å². The van der Waals surface area contributed by atoms with Crippen molar-refractivity contribution in [2.75, 3.05) is 0 Å². The molecule has 0 heterocycles. The third-order valence-corrected chi connectivity index (χ3v) is 1.75. The van der Waals surface area contributed by atoms with Gasteiger partial charge in [0, 0.05) is 0 Å². The highest BCUT2D eigenvalue weighted by molar-refractivity contribution is 5.66. The van der Waals surface area contributed by atoms with Gasteiger partial charge in [-0.1, -0.05) is 27.2 Å². The molecule has 0 rings (SSSR count). The minimum Gasteiger partial charge on any atom is -0.247 e. The normalized spacial score (nSPS) is 13.5. The summed E-state index contributed by atoms with van der Waals surface area (Å²) in [5.41, 5.74) is 0. The third kappa shape index (κ3) is 7.37. The molecule has 0 saturated heterocycles. The number of carbonyl (C=O) groups excluding carboxylic acids is 1. The van der Waals surface area contributed by atoms with Crippen LogP contribution in [0, 0.1) is 11.8 Å². The van der Waals surface area contributed by atoms with E-state index in [0.717, 1.165) is 12.8 Å². The molecule has 2 heteroatoms. The van der Waals surface area contributed by atoms with E-state index in [9.17, 15) is 9.90 Å². The lowest BCUT2D eigenvalue weighted by Crippen LogP contribution is -2.04. The van der Waals surface area contributed by atoms with E-state index in [1.54, 1.807) is 0 Å². The molecular weight excluding hydrogens is 140 g/mol. The molecule has 0 aromatic heterocycles. The fourth-order valence-corrected chi connectivity index (χ4v) is 1.00. The summed E-state index contributed by atoms with van der Waals surface area (Å²) in [6, 6.07) is 0. The van der Waals surface area contributed by atoms with Crippen LogP contribution in [0.15, 0.2) is 0 Å². The van der Waals surface area contributed by atoms with E-state index in [2.05, 4.69) is 13.8 Å². The van der Waals surface area contributed by atoms with Gasteiger partial charge in [-0.25, -0.2) is 9.90 Å². The van der Waals surface area contributed by atoms with Crippen molar-refractivity contribution in [2.24, 2.45) is 11.8 Å². The van der Waals surface area contributed by atoms with Crippen molar-refractivity contribution < 1.29 is 9.90 Å². The van der Waals surface area contributed by atoms with Crippen molar-refractivity contribution in [3.8, 4) is 0 Å². The molecule has 11 heavy (non-hydrogen) atoms. The lowest BCUT2D eigenvalue weighted by Gasteiger charge is -2.08. The topological polar surface area (TPSA) is 37.0 Å². The van der Waals surface area contributed by atoms with E-state index in [1.165, 1.54) is 0 Å². The van der Waals surface area contributed by atoms with Crippen molar-refractivity contribution in [1.82, 2.24) is 0 Å². The maximum absolute atomic E-state index is 10.1. The second-order valence-electron chi connectivity index (χ2n) is 3.65. The molecule has 0 amide bonds. The van der Waals surface area contributed by atoms with E-state index in [0.29, 0.717) is 5.92 Å². The summed E-state index contributed by atoms with van der Waals surface area (Å²) < 4.78 is 0. The largest absolute Gasteiger partial charge is 0.355 e. The van der Waals surface area contributed by atoms with Gasteiger partial charge in [-0.2, -0.15) is 0 Å². The molecule has 0 aromatic carbocycles. The Morgan fingerprint density at radius 2 is 1.73 bits per heavy atom. The zero-order valence-corrected chi connectivity index (χ0v) is 7.59. The maximum atomic E-state index is 10.1. The van der Waals surface area contributed by atoms with E-state index < -0.39 is 5.97 Å². The van der Waals surface area contributed by atoms with Crippen LogP contribution in [0.1, 0.15) is 40.0 Å². The van der Waals surface area contributed by atoms with Gasteiger partial charge in [0.1, 0.15) is 0 Å². The highest BCUT2D eigenvalue weighted by atomic mass is 16.4. The van der Waals surface area contributed by atoms with Crippen LogP contribution in [0.3, 0.4) is 0 Å². The van der Waals surface area contributed by atoms with Gasteiger partial charge in [-0.15, -0.1) is 0 Å². The molecule has 0 aliphatic rings. The van der Waals surface area contributed by atoms with Gasteiger partial charge < -0.3 is 0 Å². The molecule has 0 aromatic rings. The van der Waals surface area contributed by atoms with Crippen molar-refractivity contribution >= 4 is 5.97 Å². The Morgan fingerprint density at radius 3 is 2.09 bits per heavy atom. The summed E-state index contributed by atoms with van der Waals surface area (Å²) in [4.78, 5) is 10.1. The predicted octanol–water partition coefficient (Wildman–Crippen LogP) is 2.41. The second kappa shape index (κ2) is 5.16. The number of carbonyl (C=O) groups is 1. The Morgan fingerprint density at radius 1 is 1.18 bits per heavy atom. The Bertz CT molecular complexity index is 119. The first-order valence-corrected chi connectivity index (χ1v) is 4.22. The summed E-state index contributed by atoms with van der Waals surface area (Å²) in [6.07, 6.45) is 2.30. The summed E-state index contributed by atoms with van der Waals surface area (Å²) in [5.74, 6) is 0.00265. The van der Waals surface area contributed by atoms with Crippen LogP contribution in [-0.4, -0.2) is 5.97 Å². The summed E-state index contributed by atoms with van der Waals surface area (Å²) in [7, 11) is 0. The fourth-order valence-electron chi connectivity index (χ4n) is 1.00. The van der Waals surface area contributed by atoms with Crippen molar-refractivity contribution in [2.45, 2.75) is 40.0 Å². The third-order valence-electron chi connectivity index (χ3n) is 1.75. The van der Waals surface area contributed by atoms with Crippen LogP contribution in [-0.2, 0) is 9.90 Å². The van der Waals surface area contributed by atoms with Crippen molar-refractivity contribution in [3.63, 3.8) is 0 Å². The van der Waals surface area contributed by atoms with Gasteiger partial charge in [0.25, 0.3) is 0 Å². The van der Waals surface area contributed by atoms with Gasteiger partial charge in [0.2, 0.25) is 0 Å². The first kappa shape index (κ1) is 10.5. The van der Waals surface area contributed by atoms with Crippen LogP contribution < -0.4 is 0 Å². The second-order valence-corrected chi connectivity index (χ2v) is 3.65. The molecule has 2 nitrogen and oxygen atoms in total. The van der Waals surface area contributed by atoms with Crippen LogP contribution in [0.2, 0.25) is 0 Å². The van der Waals surface area contributed by atoms with E-state index in [1.807, 2.05) is 6.92 Å².